The van der Waals surface area contributed by atoms with Gasteiger partial charge in [-0.15, -0.1) is 5.10 Å². The Labute approximate surface area is 160 Å². The van der Waals surface area contributed by atoms with Crippen LogP contribution in [0.1, 0.15) is 34.8 Å². The van der Waals surface area contributed by atoms with Crippen LogP contribution < -0.4 is 4.74 Å². The maximum absolute atomic E-state index is 12.9. The molecule has 140 valence electrons. The fraction of sp³-hybridized carbons (Fsp3) is 0.412. The monoisotopic (exact) mass is 387 g/mol. The average Bonchev–Trinajstić information content (AvgIpc) is 3.07. The number of amides is 1. The second-order valence-corrected chi connectivity index (χ2v) is 6.94. The third-order valence-electron chi connectivity index (χ3n) is 4.34. The maximum atomic E-state index is 12.9. The average molecular weight is 388 g/mol. The standard InChI is InChI=1S/C17H18ClN7O2/c1-10-6-11(2)25-16(21-10)22-14(23-25)15(26)24-5-3-4-13(9-24)27-17-19-7-12(18)8-20-17/h6-8,13H,3-5,9H2,1-2H3/t13-/m1/s1. The number of likely N-dealkylation sites (tertiary alicyclic amines) is 1. The van der Waals surface area contributed by atoms with Crippen molar-refractivity contribution in [1.29, 1.82) is 0 Å². The van der Waals surface area contributed by atoms with Crippen molar-refractivity contribution in [1.82, 2.24) is 34.4 Å². The highest BCUT2D eigenvalue weighted by atomic mass is 35.5. The molecule has 0 aliphatic carbocycles. The molecule has 1 amide bonds. The molecule has 0 radical (unpaired) electrons. The molecular formula is C17H18ClN7O2. The van der Waals surface area contributed by atoms with E-state index >= 15 is 0 Å². The van der Waals surface area contributed by atoms with Gasteiger partial charge in [-0.05, 0) is 32.8 Å². The number of fused-ring (bicyclic) bond motifs is 1. The fourth-order valence-corrected chi connectivity index (χ4v) is 3.23. The van der Waals surface area contributed by atoms with E-state index in [0.29, 0.717) is 23.9 Å². The van der Waals surface area contributed by atoms with Gasteiger partial charge in [0.2, 0.25) is 5.82 Å². The highest BCUT2D eigenvalue weighted by Crippen LogP contribution is 2.18. The number of carbonyl (C=O) groups is 1. The Morgan fingerprint density at radius 1 is 1.26 bits per heavy atom. The van der Waals surface area contributed by atoms with Gasteiger partial charge in [0.25, 0.3) is 11.7 Å². The molecule has 10 heteroatoms. The van der Waals surface area contributed by atoms with E-state index in [1.54, 1.807) is 9.42 Å². The molecule has 0 unspecified atom stereocenters. The first kappa shape index (κ1) is 17.6. The summed E-state index contributed by atoms with van der Waals surface area (Å²) < 4.78 is 7.37. The third kappa shape index (κ3) is 3.68. The van der Waals surface area contributed by atoms with Crippen LogP contribution in [0, 0.1) is 13.8 Å². The van der Waals surface area contributed by atoms with E-state index in [-0.39, 0.29) is 23.8 Å². The minimum atomic E-state index is -0.233. The number of carbonyl (C=O) groups excluding carboxylic acids is 1. The zero-order valence-electron chi connectivity index (χ0n) is 15.0. The molecule has 1 fully saturated rings. The SMILES string of the molecule is Cc1cc(C)n2nc(C(=O)N3CCC[C@@H](Oc4ncc(Cl)cn4)C3)nc2n1. The van der Waals surface area contributed by atoms with Gasteiger partial charge in [-0.3, -0.25) is 4.79 Å². The molecule has 4 rings (SSSR count). The molecule has 3 aromatic heterocycles. The zero-order chi connectivity index (χ0) is 19.0. The van der Waals surface area contributed by atoms with Gasteiger partial charge in [0, 0.05) is 17.9 Å². The molecule has 1 saturated heterocycles. The van der Waals surface area contributed by atoms with Gasteiger partial charge in [0.1, 0.15) is 6.10 Å². The zero-order valence-corrected chi connectivity index (χ0v) is 15.7. The summed E-state index contributed by atoms with van der Waals surface area (Å²) in [5.41, 5.74) is 1.71. The van der Waals surface area contributed by atoms with Gasteiger partial charge < -0.3 is 9.64 Å². The van der Waals surface area contributed by atoms with Gasteiger partial charge >= 0.3 is 6.01 Å². The number of aryl methyl sites for hydroxylation is 2. The Morgan fingerprint density at radius 2 is 2.04 bits per heavy atom. The molecule has 0 bridgehead atoms. The number of hydrogen-bond donors (Lipinski definition) is 0. The molecule has 0 saturated carbocycles. The molecular weight excluding hydrogens is 370 g/mol. The van der Waals surface area contributed by atoms with E-state index in [2.05, 4.69) is 25.0 Å². The Morgan fingerprint density at radius 3 is 2.81 bits per heavy atom. The summed E-state index contributed by atoms with van der Waals surface area (Å²) in [5.74, 6) is 0.331. The van der Waals surface area contributed by atoms with Gasteiger partial charge in [0.15, 0.2) is 0 Å². The molecule has 27 heavy (non-hydrogen) atoms. The molecule has 0 spiro atoms. The molecule has 1 aliphatic rings. The summed E-state index contributed by atoms with van der Waals surface area (Å²) in [6.07, 6.45) is 4.39. The Bertz CT molecular complexity index is 989. The summed E-state index contributed by atoms with van der Waals surface area (Å²) in [6.45, 7) is 4.84. The van der Waals surface area contributed by atoms with Crippen LogP contribution in [0.2, 0.25) is 5.02 Å². The minimum absolute atomic E-state index is 0.139. The first-order valence-corrected chi connectivity index (χ1v) is 9.02. The van der Waals surface area contributed by atoms with E-state index in [0.717, 1.165) is 24.2 Å². The lowest BCUT2D eigenvalue weighted by molar-refractivity contribution is 0.0505. The topological polar surface area (TPSA) is 98.4 Å². The van der Waals surface area contributed by atoms with Gasteiger partial charge in [0.05, 0.1) is 24.0 Å². The Balaban J connectivity index is 1.50. The Hall–Kier alpha value is -2.81. The largest absolute Gasteiger partial charge is 0.458 e. The van der Waals surface area contributed by atoms with Crippen LogP contribution in [-0.2, 0) is 0 Å². The molecule has 3 aromatic rings. The van der Waals surface area contributed by atoms with Crippen LogP contribution in [0.25, 0.3) is 5.78 Å². The van der Waals surface area contributed by atoms with Crippen molar-refractivity contribution in [3.8, 4) is 6.01 Å². The normalized spacial score (nSPS) is 17.3. The highest BCUT2D eigenvalue weighted by Gasteiger charge is 2.28. The van der Waals surface area contributed by atoms with Crippen molar-refractivity contribution < 1.29 is 9.53 Å². The Kier molecular flexibility index (Phi) is 4.61. The molecule has 4 heterocycles. The fourth-order valence-electron chi connectivity index (χ4n) is 3.13. The lowest BCUT2D eigenvalue weighted by atomic mass is 10.1. The maximum Gasteiger partial charge on any atom is 0.316 e. The first-order valence-electron chi connectivity index (χ1n) is 8.64. The van der Waals surface area contributed by atoms with E-state index < -0.39 is 0 Å². The molecule has 1 aliphatic heterocycles. The van der Waals surface area contributed by atoms with Crippen LogP contribution in [0.5, 0.6) is 6.01 Å². The van der Waals surface area contributed by atoms with Crippen molar-refractivity contribution in [3.05, 3.63) is 40.7 Å². The second-order valence-electron chi connectivity index (χ2n) is 6.50. The first-order chi connectivity index (χ1) is 13.0. The van der Waals surface area contributed by atoms with Crippen molar-refractivity contribution >= 4 is 23.3 Å². The van der Waals surface area contributed by atoms with Gasteiger partial charge in [-0.25, -0.2) is 19.5 Å². The second kappa shape index (κ2) is 7.07. The number of nitrogens with zero attached hydrogens (tertiary/aromatic N) is 7. The summed E-state index contributed by atoms with van der Waals surface area (Å²) in [7, 11) is 0. The number of halogens is 1. The highest BCUT2D eigenvalue weighted by molar-refractivity contribution is 6.30. The number of aromatic nitrogens is 6. The van der Waals surface area contributed by atoms with Crippen molar-refractivity contribution in [2.45, 2.75) is 32.8 Å². The van der Waals surface area contributed by atoms with E-state index in [1.165, 1.54) is 12.4 Å². The predicted molar refractivity (Wildman–Crippen MR) is 96.9 cm³/mol. The van der Waals surface area contributed by atoms with Crippen molar-refractivity contribution in [2.24, 2.45) is 0 Å². The number of rotatable bonds is 3. The predicted octanol–water partition coefficient (Wildman–Crippen LogP) is 1.87. The molecule has 9 nitrogen and oxygen atoms in total. The summed E-state index contributed by atoms with van der Waals surface area (Å²) in [5, 5.41) is 4.76. The van der Waals surface area contributed by atoms with Crippen LogP contribution >= 0.6 is 11.6 Å². The number of piperidine rings is 1. The molecule has 0 N–H and O–H groups in total. The van der Waals surface area contributed by atoms with Gasteiger partial charge in [-0.1, -0.05) is 11.6 Å². The van der Waals surface area contributed by atoms with Gasteiger partial charge in [-0.2, -0.15) is 4.98 Å². The van der Waals surface area contributed by atoms with Crippen LogP contribution in [0.4, 0.5) is 0 Å². The number of hydrogen-bond acceptors (Lipinski definition) is 7. The van der Waals surface area contributed by atoms with Crippen LogP contribution in [0.15, 0.2) is 18.5 Å². The van der Waals surface area contributed by atoms with E-state index in [1.807, 2.05) is 19.9 Å². The van der Waals surface area contributed by atoms with E-state index in [4.69, 9.17) is 16.3 Å². The summed E-state index contributed by atoms with van der Waals surface area (Å²) >= 11 is 5.79. The van der Waals surface area contributed by atoms with E-state index in [9.17, 15) is 4.79 Å². The smallest absolute Gasteiger partial charge is 0.316 e. The summed E-state index contributed by atoms with van der Waals surface area (Å²) in [4.78, 5) is 31.3. The lowest BCUT2D eigenvalue weighted by Gasteiger charge is -2.31. The molecule has 1 atom stereocenters. The lowest BCUT2D eigenvalue weighted by Crippen LogP contribution is -2.44. The summed E-state index contributed by atoms with van der Waals surface area (Å²) in [6, 6.07) is 2.15. The van der Waals surface area contributed by atoms with Crippen molar-refractivity contribution in [2.75, 3.05) is 13.1 Å². The van der Waals surface area contributed by atoms with Crippen molar-refractivity contribution in [3.63, 3.8) is 0 Å². The quantitative estimate of drug-likeness (QED) is 0.676. The number of ether oxygens (including phenoxy) is 1. The third-order valence-corrected chi connectivity index (χ3v) is 4.54. The molecule has 0 aromatic carbocycles. The van der Waals surface area contributed by atoms with Crippen LogP contribution in [0.3, 0.4) is 0 Å². The minimum Gasteiger partial charge on any atom is -0.458 e. The van der Waals surface area contributed by atoms with Crippen LogP contribution in [-0.4, -0.2) is 59.6 Å².